The molecule has 2 aliphatic rings. The van der Waals surface area contributed by atoms with E-state index in [2.05, 4.69) is 4.90 Å². The number of hydrogen-bond acceptors (Lipinski definition) is 3. The van der Waals surface area contributed by atoms with Gasteiger partial charge >= 0.3 is 0 Å². The van der Waals surface area contributed by atoms with Gasteiger partial charge in [-0.1, -0.05) is 18.2 Å². The molecule has 3 rings (SSSR count). The Bertz CT molecular complexity index is 417. The molecule has 0 aromatic heterocycles. The van der Waals surface area contributed by atoms with E-state index in [1.165, 1.54) is 0 Å². The minimum atomic E-state index is -0.0808. The lowest BCUT2D eigenvalue weighted by Crippen LogP contribution is -2.66. The molecule has 1 aromatic carbocycles. The first-order valence-electron chi connectivity index (χ1n) is 6.22. The summed E-state index contributed by atoms with van der Waals surface area (Å²) < 4.78 is 5.74. The number of para-hydroxylation sites is 1. The van der Waals surface area contributed by atoms with Gasteiger partial charge in [-0.2, -0.15) is 0 Å². The smallest absolute Gasteiger partial charge is 0.163 e. The topological polar surface area (TPSA) is 29.5 Å². The maximum absolute atomic E-state index is 12.1. The van der Waals surface area contributed by atoms with Gasteiger partial charge in [-0.3, -0.25) is 4.79 Å². The number of likely N-dealkylation sites (N-methyl/N-ethyl adjacent to an activating group) is 1. The molecule has 1 saturated heterocycles. The summed E-state index contributed by atoms with van der Waals surface area (Å²) in [6.07, 6.45) is 2.14. The summed E-state index contributed by atoms with van der Waals surface area (Å²) in [5, 5.41) is 0. The second-order valence-corrected chi connectivity index (χ2v) is 4.88. The van der Waals surface area contributed by atoms with E-state index in [-0.39, 0.29) is 18.1 Å². The zero-order valence-corrected chi connectivity index (χ0v) is 10.0. The van der Waals surface area contributed by atoms with Gasteiger partial charge in [0.15, 0.2) is 5.78 Å². The normalized spacial score (nSPS) is 31.6. The number of nitrogens with zero attached hydrogens (tertiary/aromatic N) is 1. The Balaban J connectivity index is 1.79. The van der Waals surface area contributed by atoms with Crippen molar-refractivity contribution in [3.63, 3.8) is 0 Å². The van der Waals surface area contributed by atoms with Crippen molar-refractivity contribution in [2.24, 2.45) is 5.92 Å². The molecule has 90 valence electrons. The van der Waals surface area contributed by atoms with Crippen molar-refractivity contribution >= 4 is 11.5 Å². The molecule has 2 fully saturated rings. The Morgan fingerprint density at radius 1 is 1.29 bits per heavy atom. The van der Waals surface area contributed by atoms with Gasteiger partial charge in [-0.05, 0) is 25.0 Å². The maximum Gasteiger partial charge on any atom is 0.163 e. The highest BCUT2D eigenvalue weighted by atomic mass is 16.5. The number of Topliss-reactive ketones (excluding diaryl/α,β-unsaturated/α-hetero) is 1. The third kappa shape index (κ3) is 1.65. The van der Waals surface area contributed by atoms with E-state index in [0.717, 1.165) is 25.1 Å². The molecule has 3 atom stereocenters. The van der Waals surface area contributed by atoms with Crippen LogP contribution in [0.15, 0.2) is 30.3 Å². The molecule has 3 heteroatoms. The first kappa shape index (κ1) is 10.8. The first-order chi connectivity index (χ1) is 8.29. The molecule has 17 heavy (non-hydrogen) atoms. The number of carbonyl (C=O) groups excluding carboxylic acids is 1. The van der Waals surface area contributed by atoms with Crippen LogP contribution >= 0.6 is 0 Å². The van der Waals surface area contributed by atoms with Crippen LogP contribution in [0.1, 0.15) is 12.8 Å². The quantitative estimate of drug-likeness (QED) is 0.778. The highest BCUT2D eigenvalue weighted by Crippen LogP contribution is 2.38. The second-order valence-electron chi connectivity index (χ2n) is 4.88. The van der Waals surface area contributed by atoms with Crippen molar-refractivity contribution < 1.29 is 9.53 Å². The van der Waals surface area contributed by atoms with E-state index in [1.54, 1.807) is 0 Å². The lowest BCUT2D eigenvalue weighted by Gasteiger charge is -2.49. The summed E-state index contributed by atoms with van der Waals surface area (Å²) in [5.74, 6) is 0.501. The molecule has 0 radical (unpaired) electrons. The zero-order chi connectivity index (χ0) is 11.8. The molecular formula is C14H17NO2. The van der Waals surface area contributed by atoms with Crippen LogP contribution in [0.4, 0.5) is 5.69 Å². The summed E-state index contributed by atoms with van der Waals surface area (Å²) in [4.78, 5) is 14.1. The van der Waals surface area contributed by atoms with Crippen molar-refractivity contribution in [2.75, 3.05) is 18.6 Å². The second kappa shape index (κ2) is 4.15. The van der Waals surface area contributed by atoms with Crippen LogP contribution < -0.4 is 4.90 Å². The number of hydrogen-bond donors (Lipinski definition) is 0. The summed E-state index contributed by atoms with van der Waals surface area (Å²) in [6, 6.07) is 9.96. The third-order valence-electron chi connectivity index (χ3n) is 3.92. The Morgan fingerprint density at radius 2 is 2.06 bits per heavy atom. The van der Waals surface area contributed by atoms with E-state index < -0.39 is 0 Å². The molecule has 0 unspecified atom stereocenters. The van der Waals surface area contributed by atoms with Crippen molar-refractivity contribution in [2.45, 2.75) is 25.0 Å². The average molecular weight is 231 g/mol. The number of anilines is 1. The largest absolute Gasteiger partial charge is 0.375 e. The van der Waals surface area contributed by atoms with Gasteiger partial charge in [0.2, 0.25) is 0 Å². The molecule has 0 bridgehead atoms. The summed E-state index contributed by atoms with van der Waals surface area (Å²) in [5.41, 5.74) is 1.08. The van der Waals surface area contributed by atoms with Crippen LogP contribution in [-0.4, -0.2) is 31.6 Å². The van der Waals surface area contributed by atoms with E-state index >= 15 is 0 Å². The Labute approximate surface area is 101 Å². The van der Waals surface area contributed by atoms with Crippen molar-refractivity contribution in [1.29, 1.82) is 0 Å². The SMILES string of the molecule is CN(c1ccccc1)[C@@H]1C(=O)[C@@H]2CCCO[C@H]12. The molecular weight excluding hydrogens is 214 g/mol. The fourth-order valence-electron chi connectivity index (χ4n) is 2.92. The van der Waals surface area contributed by atoms with Crippen molar-refractivity contribution in [1.82, 2.24) is 0 Å². The van der Waals surface area contributed by atoms with Crippen LogP contribution in [-0.2, 0) is 9.53 Å². The van der Waals surface area contributed by atoms with Gasteiger partial charge in [-0.25, -0.2) is 0 Å². The fraction of sp³-hybridized carbons (Fsp3) is 0.500. The van der Waals surface area contributed by atoms with Gasteiger partial charge in [0.1, 0.15) is 6.04 Å². The third-order valence-corrected chi connectivity index (χ3v) is 3.92. The van der Waals surface area contributed by atoms with Crippen molar-refractivity contribution in [3.8, 4) is 0 Å². The van der Waals surface area contributed by atoms with Gasteiger partial charge in [0.25, 0.3) is 0 Å². The highest BCUT2D eigenvalue weighted by Gasteiger charge is 2.53. The molecule has 0 spiro atoms. The number of carbonyl (C=O) groups is 1. The highest BCUT2D eigenvalue weighted by molar-refractivity contribution is 5.97. The van der Waals surface area contributed by atoms with Crippen molar-refractivity contribution in [3.05, 3.63) is 30.3 Å². The molecule has 1 heterocycles. The molecule has 1 saturated carbocycles. The Kier molecular flexibility index (Phi) is 2.63. The summed E-state index contributed by atoms with van der Waals surface area (Å²) >= 11 is 0. The first-order valence-corrected chi connectivity index (χ1v) is 6.22. The van der Waals surface area contributed by atoms with Crippen LogP contribution in [0.3, 0.4) is 0 Å². The molecule has 1 aliphatic heterocycles. The van der Waals surface area contributed by atoms with Crippen LogP contribution in [0.5, 0.6) is 0 Å². The van der Waals surface area contributed by atoms with Gasteiger partial charge in [0, 0.05) is 25.3 Å². The molecule has 0 amide bonds. The minimum absolute atomic E-state index is 0.0808. The van der Waals surface area contributed by atoms with Gasteiger partial charge in [0.05, 0.1) is 6.10 Å². The maximum atomic E-state index is 12.1. The van der Waals surface area contributed by atoms with E-state index in [9.17, 15) is 4.79 Å². The lowest BCUT2D eigenvalue weighted by atomic mass is 9.71. The summed E-state index contributed by atoms with van der Waals surface area (Å²) in [6.45, 7) is 0.799. The summed E-state index contributed by atoms with van der Waals surface area (Å²) in [7, 11) is 1.98. The molecule has 3 nitrogen and oxygen atoms in total. The van der Waals surface area contributed by atoms with E-state index in [0.29, 0.717) is 5.78 Å². The number of fused-ring (bicyclic) bond motifs is 1. The van der Waals surface area contributed by atoms with Gasteiger partial charge in [-0.15, -0.1) is 0 Å². The van der Waals surface area contributed by atoms with E-state index in [1.807, 2.05) is 37.4 Å². The fourth-order valence-corrected chi connectivity index (χ4v) is 2.92. The van der Waals surface area contributed by atoms with Crippen LogP contribution in [0, 0.1) is 5.92 Å². The number of ketones is 1. The standard InChI is InChI=1S/C14H17NO2/c1-15(10-6-3-2-4-7-10)12-13(16)11-8-5-9-17-14(11)12/h2-4,6-7,11-12,14H,5,8-9H2,1H3/t11-,12+,14-/m0/s1. The number of rotatable bonds is 2. The number of ether oxygens (including phenoxy) is 1. The number of benzene rings is 1. The molecule has 0 N–H and O–H groups in total. The van der Waals surface area contributed by atoms with E-state index in [4.69, 9.17) is 4.74 Å². The zero-order valence-electron chi connectivity index (χ0n) is 10.0. The molecule has 1 aliphatic carbocycles. The predicted octanol–water partition coefficient (Wildman–Crippen LogP) is 1.87. The monoisotopic (exact) mass is 231 g/mol. The lowest BCUT2D eigenvalue weighted by molar-refractivity contribution is -0.157. The molecule has 1 aromatic rings. The Morgan fingerprint density at radius 3 is 2.82 bits per heavy atom. The van der Waals surface area contributed by atoms with Crippen LogP contribution in [0.25, 0.3) is 0 Å². The van der Waals surface area contributed by atoms with Gasteiger partial charge < -0.3 is 9.64 Å². The minimum Gasteiger partial charge on any atom is -0.375 e. The average Bonchev–Trinajstić information content (AvgIpc) is 2.39. The Hall–Kier alpha value is -1.35. The predicted molar refractivity (Wildman–Crippen MR) is 66.1 cm³/mol. The van der Waals surface area contributed by atoms with Crippen LogP contribution in [0.2, 0.25) is 0 Å².